The minimum atomic E-state index is -0.635. The molecular weight excluding hydrogens is 418 g/mol. The number of nitrogen functional groups attached to an aromatic ring is 1. The van der Waals surface area contributed by atoms with E-state index < -0.39 is 5.97 Å². The summed E-state index contributed by atoms with van der Waals surface area (Å²) in [5.74, 6) is -1.34. The molecule has 0 saturated heterocycles. The van der Waals surface area contributed by atoms with Crippen molar-refractivity contribution >= 4 is 34.8 Å². The molecule has 7 heteroatoms. The van der Waals surface area contributed by atoms with Crippen LogP contribution in [0.1, 0.15) is 56.4 Å². The van der Waals surface area contributed by atoms with E-state index in [2.05, 4.69) is 17.6 Å². The zero-order valence-electron chi connectivity index (χ0n) is 18.7. The van der Waals surface area contributed by atoms with E-state index in [1.54, 1.807) is 48.5 Å². The molecule has 3 aromatic rings. The minimum absolute atomic E-state index is 0.125. The Labute approximate surface area is 193 Å². The fraction of sp³-hybridized carbons (Fsp3) is 0.192. The summed E-state index contributed by atoms with van der Waals surface area (Å²) in [5.41, 5.74) is 9.07. The normalized spacial score (nSPS) is 10.4. The highest BCUT2D eigenvalue weighted by molar-refractivity contribution is 6.09. The van der Waals surface area contributed by atoms with Crippen molar-refractivity contribution in [2.45, 2.75) is 26.2 Å². The standard InChI is InChI=1S/C26H27N3O4/c1-3-4-5-17-6-8-18(9-7-17)25(31)29-23-15-14-21(16-22(23)26(32)33-2)28-24(30)19-10-12-20(27)13-11-19/h6-16H,3-5,27H2,1-2H3,(H,28,30)(H,29,31). The third kappa shape index (κ3) is 6.20. The largest absolute Gasteiger partial charge is 0.465 e. The lowest BCUT2D eigenvalue weighted by molar-refractivity contribution is 0.0601. The van der Waals surface area contributed by atoms with Crippen LogP contribution in [0.2, 0.25) is 0 Å². The van der Waals surface area contributed by atoms with Crippen LogP contribution in [0.15, 0.2) is 66.7 Å². The first-order chi connectivity index (χ1) is 15.9. The smallest absolute Gasteiger partial charge is 0.340 e. The Morgan fingerprint density at radius 3 is 2.06 bits per heavy atom. The quantitative estimate of drug-likeness (QED) is 0.337. The van der Waals surface area contributed by atoms with E-state index in [0.717, 1.165) is 19.3 Å². The van der Waals surface area contributed by atoms with Crippen LogP contribution in [0.5, 0.6) is 0 Å². The number of ether oxygens (including phenoxy) is 1. The monoisotopic (exact) mass is 445 g/mol. The fourth-order valence-electron chi connectivity index (χ4n) is 3.25. The molecule has 2 amide bonds. The number of nitrogens with two attached hydrogens (primary N) is 1. The first-order valence-electron chi connectivity index (χ1n) is 10.7. The number of nitrogens with one attached hydrogen (secondary N) is 2. The molecule has 4 N–H and O–H groups in total. The molecule has 3 aromatic carbocycles. The van der Waals surface area contributed by atoms with E-state index in [4.69, 9.17) is 10.5 Å². The Hall–Kier alpha value is -4.13. The summed E-state index contributed by atoms with van der Waals surface area (Å²) in [5, 5.41) is 5.49. The van der Waals surface area contributed by atoms with Crippen LogP contribution < -0.4 is 16.4 Å². The number of carbonyl (C=O) groups excluding carboxylic acids is 3. The maximum atomic E-state index is 12.7. The summed E-state index contributed by atoms with van der Waals surface area (Å²) in [6.07, 6.45) is 3.17. The predicted molar refractivity (Wildman–Crippen MR) is 130 cm³/mol. The van der Waals surface area contributed by atoms with E-state index in [0.29, 0.717) is 22.5 Å². The Morgan fingerprint density at radius 2 is 1.45 bits per heavy atom. The third-order valence-electron chi connectivity index (χ3n) is 5.14. The predicted octanol–water partition coefficient (Wildman–Crippen LogP) is 4.90. The number of unbranched alkanes of at least 4 members (excludes halogenated alkanes) is 1. The maximum absolute atomic E-state index is 12.7. The van der Waals surface area contributed by atoms with Gasteiger partial charge in [-0.25, -0.2) is 4.79 Å². The van der Waals surface area contributed by atoms with Gasteiger partial charge in [-0.1, -0.05) is 25.5 Å². The lowest BCUT2D eigenvalue weighted by Crippen LogP contribution is -2.17. The van der Waals surface area contributed by atoms with Crippen molar-refractivity contribution < 1.29 is 19.1 Å². The van der Waals surface area contributed by atoms with Gasteiger partial charge >= 0.3 is 5.97 Å². The molecule has 0 aliphatic heterocycles. The van der Waals surface area contributed by atoms with Crippen LogP contribution in [-0.2, 0) is 11.2 Å². The molecule has 0 aliphatic carbocycles. The number of rotatable bonds is 8. The van der Waals surface area contributed by atoms with Crippen molar-refractivity contribution in [3.63, 3.8) is 0 Å². The molecule has 0 radical (unpaired) electrons. The first-order valence-corrected chi connectivity index (χ1v) is 10.7. The minimum Gasteiger partial charge on any atom is -0.465 e. The Morgan fingerprint density at radius 1 is 0.848 bits per heavy atom. The van der Waals surface area contributed by atoms with Crippen molar-refractivity contribution in [3.8, 4) is 0 Å². The van der Waals surface area contributed by atoms with Crippen LogP contribution in [0, 0.1) is 0 Å². The highest BCUT2D eigenvalue weighted by atomic mass is 16.5. The Balaban J connectivity index is 1.77. The number of esters is 1. The number of carbonyl (C=O) groups is 3. The zero-order chi connectivity index (χ0) is 23.8. The molecule has 0 spiro atoms. The average Bonchev–Trinajstić information content (AvgIpc) is 2.83. The van der Waals surface area contributed by atoms with Gasteiger partial charge in [0.1, 0.15) is 0 Å². The molecule has 0 aliphatic rings. The number of benzene rings is 3. The molecule has 0 atom stereocenters. The maximum Gasteiger partial charge on any atom is 0.340 e. The van der Waals surface area contributed by atoms with Crippen LogP contribution in [0.3, 0.4) is 0 Å². The Bertz CT molecular complexity index is 1140. The topological polar surface area (TPSA) is 111 Å². The van der Waals surface area contributed by atoms with E-state index in [1.165, 1.54) is 18.7 Å². The number of methoxy groups -OCH3 is 1. The summed E-state index contributed by atoms with van der Waals surface area (Å²) in [7, 11) is 1.25. The van der Waals surface area contributed by atoms with Gasteiger partial charge < -0.3 is 21.1 Å². The second kappa shape index (κ2) is 10.9. The second-order valence-corrected chi connectivity index (χ2v) is 7.58. The highest BCUT2D eigenvalue weighted by Crippen LogP contribution is 2.23. The lowest BCUT2D eigenvalue weighted by Gasteiger charge is -2.13. The summed E-state index contributed by atoms with van der Waals surface area (Å²) in [4.78, 5) is 37.6. The van der Waals surface area contributed by atoms with Gasteiger partial charge in [-0.05, 0) is 73.0 Å². The molecule has 0 unspecified atom stereocenters. The molecule has 33 heavy (non-hydrogen) atoms. The summed E-state index contributed by atoms with van der Waals surface area (Å²) < 4.78 is 4.86. The number of amides is 2. The number of hydrogen-bond acceptors (Lipinski definition) is 5. The van der Waals surface area contributed by atoms with Gasteiger partial charge in [0.15, 0.2) is 0 Å². The molecule has 0 aromatic heterocycles. The summed E-state index contributed by atoms with van der Waals surface area (Å²) in [6.45, 7) is 2.13. The third-order valence-corrected chi connectivity index (χ3v) is 5.14. The van der Waals surface area contributed by atoms with Crippen molar-refractivity contribution in [1.29, 1.82) is 0 Å². The van der Waals surface area contributed by atoms with E-state index in [-0.39, 0.29) is 23.1 Å². The zero-order valence-corrected chi connectivity index (χ0v) is 18.7. The number of aryl methyl sites for hydroxylation is 1. The van der Waals surface area contributed by atoms with E-state index in [1.807, 2.05) is 12.1 Å². The van der Waals surface area contributed by atoms with Gasteiger partial charge in [0.2, 0.25) is 0 Å². The SMILES string of the molecule is CCCCc1ccc(C(=O)Nc2ccc(NC(=O)c3ccc(N)cc3)cc2C(=O)OC)cc1. The van der Waals surface area contributed by atoms with Crippen LogP contribution in [0.4, 0.5) is 17.1 Å². The summed E-state index contributed by atoms with van der Waals surface area (Å²) in [6, 6.07) is 18.5. The van der Waals surface area contributed by atoms with Crippen molar-refractivity contribution in [3.05, 3.63) is 89.0 Å². The first kappa shape index (κ1) is 23.5. The summed E-state index contributed by atoms with van der Waals surface area (Å²) >= 11 is 0. The van der Waals surface area contributed by atoms with Gasteiger partial charge in [0.25, 0.3) is 11.8 Å². The van der Waals surface area contributed by atoms with Gasteiger partial charge in [-0.15, -0.1) is 0 Å². The van der Waals surface area contributed by atoms with E-state index in [9.17, 15) is 14.4 Å². The van der Waals surface area contributed by atoms with Crippen LogP contribution in [0.25, 0.3) is 0 Å². The Kier molecular flexibility index (Phi) is 7.81. The lowest BCUT2D eigenvalue weighted by atomic mass is 10.1. The molecule has 0 fully saturated rings. The molecule has 7 nitrogen and oxygen atoms in total. The molecule has 0 saturated carbocycles. The molecule has 170 valence electrons. The van der Waals surface area contributed by atoms with Crippen LogP contribution in [-0.4, -0.2) is 24.9 Å². The highest BCUT2D eigenvalue weighted by Gasteiger charge is 2.17. The molecule has 0 heterocycles. The fourth-order valence-corrected chi connectivity index (χ4v) is 3.25. The van der Waals surface area contributed by atoms with Gasteiger partial charge in [-0.2, -0.15) is 0 Å². The van der Waals surface area contributed by atoms with Crippen molar-refractivity contribution in [2.24, 2.45) is 0 Å². The average molecular weight is 446 g/mol. The van der Waals surface area contributed by atoms with Gasteiger partial charge in [0.05, 0.1) is 18.4 Å². The number of anilines is 3. The van der Waals surface area contributed by atoms with E-state index >= 15 is 0 Å². The van der Waals surface area contributed by atoms with Crippen molar-refractivity contribution in [1.82, 2.24) is 0 Å². The molecular formula is C26H27N3O4. The van der Waals surface area contributed by atoms with Crippen LogP contribution >= 0.6 is 0 Å². The second-order valence-electron chi connectivity index (χ2n) is 7.58. The van der Waals surface area contributed by atoms with Crippen molar-refractivity contribution in [2.75, 3.05) is 23.5 Å². The van der Waals surface area contributed by atoms with Gasteiger partial charge in [0, 0.05) is 22.5 Å². The van der Waals surface area contributed by atoms with Gasteiger partial charge in [-0.3, -0.25) is 9.59 Å². The number of hydrogen-bond donors (Lipinski definition) is 3. The molecule has 3 rings (SSSR count). The molecule has 0 bridgehead atoms.